The summed E-state index contributed by atoms with van der Waals surface area (Å²) in [6.45, 7) is 2.00. The zero-order valence-corrected chi connectivity index (χ0v) is 7.60. The van der Waals surface area contributed by atoms with E-state index in [-0.39, 0.29) is 11.5 Å². The van der Waals surface area contributed by atoms with Gasteiger partial charge in [-0.3, -0.25) is 4.18 Å². The van der Waals surface area contributed by atoms with Crippen LogP contribution in [0.15, 0.2) is 11.0 Å². The topological polar surface area (TPSA) is 43.4 Å². The van der Waals surface area contributed by atoms with Crippen LogP contribution in [0.1, 0.15) is 19.8 Å². The highest BCUT2D eigenvalue weighted by Crippen LogP contribution is 2.61. The van der Waals surface area contributed by atoms with Gasteiger partial charge in [-0.05, 0) is 18.8 Å². The Morgan fingerprint density at radius 1 is 1.67 bits per heavy atom. The first kappa shape index (κ1) is 7.09. The van der Waals surface area contributed by atoms with Gasteiger partial charge in [0.15, 0.2) is 0 Å². The van der Waals surface area contributed by atoms with Crippen molar-refractivity contribution in [3.8, 4) is 0 Å². The van der Waals surface area contributed by atoms with Crippen LogP contribution in [0.4, 0.5) is 0 Å². The van der Waals surface area contributed by atoms with Crippen molar-refractivity contribution < 1.29 is 12.6 Å². The fourth-order valence-corrected chi connectivity index (χ4v) is 4.65. The Labute approximate surface area is 71.5 Å². The summed E-state index contributed by atoms with van der Waals surface area (Å²) in [5.74, 6) is 0.451. The number of hydrogen-bond donors (Lipinski definition) is 0. The molecule has 4 heteroatoms. The van der Waals surface area contributed by atoms with Crippen molar-refractivity contribution in [3.63, 3.8) is 0 Å². The molecule has 0 radical (unpaired) electrons. The van der Waals surface area contributed by atoms with Gasteiger partial charge in [-0.25, -0.2) is 0 Å². The summed E-state index contributed by atoms with van der Waals surface area (Å²) in [4.78, 5) is 0.552. The van der Waals surface area contributed by atoms with E-state index in [2.05, 4.69) is 0 Å². The van der Waals surface area contributed by atoms with Gasteiger partial charge in [0.05, 0.1) is 11.0 Å². The van der Waals surface area contributed by atoms with E-state index in [4.69, 9.17) is 4.18 Å². The molecule has 12 heavy (non-hydrogen) atoms. The van der Waals surface area contributed by atoms with Gasteiger partial charge in [-0.2, -0.15) is 8.42 Å². The number of hydrogen-bond acceptors (Lipinski definition) is 3. The van der Waals surface area contributed by atoms with Crippen LogP contribution in [0.5, 0.6) is 0 Å². The van der Waals surface area contributed by atoms with Gasteiger partial charge in [-0.1, -0.05) is 13.0 Å². The molecule has 1 heterocycles. The molecular formula is C8H10O3S. The second kappa shape index (κ2) is 1.63. The molecule has 2 bridgehead atoms. The monoisotopic (exact) mass is 186 g/mol. The number of fused-ring (bicyclic) bond motifs is 1. The van der Waals surface area contributed by atoms with Crippen molar-refractivity contribution in [3.05, 3.63) is 11.0 Å². The smallest absolute Gasteiger partial charge is 0.262 e. The molecule has 1 saturated carbocycles. The zero-order chi connectivity index (χ0) is 8.56. The molecule has 0 N–H and O–H groups in total. The highest BCUT2D eigenvalue weighted by atomic mass is 32.2. The van der Waals surface area contributed by atoms with Gasteiger partial charge in [0.25, 0.3) is 10.1 Å². The van der Waals surface area contributed by atoms with Gasteiger partial charge in [0.2, 0.25) is 0 Å². The minimum absolute atomic E-state index is 0.0625. The molecule has 3 nitrogen and oxygen atoms in total. The van der Waals surface area contributed by atoms with Gasteiger partial charge >= 0.3 is 0 Å². The van der Waals surface area contributed by atoms with Crippen molar-refractivity contribution in [2.45, 2.75) is 25.9 Å². The fourth-order valence-electron chi connectivity index (χ4n) is 2.80. The maximum Gasteiger partial charge on any atom is 0.293 e. The van der Waals surface area contributed by atoms with Crippen LogP contribution >= 0.6 is 0 Å². The third-order valence-electron chi connectivity index (χ3n) is 3.38. The van der Waals surface area contributed by atoms with E-state index in [0.717, 1.165) is 12.8 Å². The van der Waals surface area contributed by atoms with Crippen molar-refractivity contribution in [2.24, 2.45) is 11.3 Å². The Bertz CT molecular complexity index is 381. The molecule has 0 spiro atoms. The number of rotatable bonds is 0. The third kappa shape index (κ3) is 0.568. The lowest BCUT2D eigenvalue weighted by molar-refractivity contribution is 0.159. The van der Waals surface area contributed by atoms with Crippen LogP contribution in [-0.2, 0) is 14.3 Å². The summed E-state index contributed by atoms with van der Waals surface area (Å²) in [5.41, 5.74) is -0.177. The second-order valence-corrected chi connectivity index (χ2v) is 5.73. The molecule has 3 aliphatic rings. The minimum atomic E-state index is -3.33. The third-order valence-corrected chi connectivity index (χ3v) is 5.00. The van der Waals surface area contributed by atoms with Crippen molar-refractivity contribution in [2.75, 3.05) is 0 Å². The van der Waals surface area contributed by atoms with Crippen molar-refractivity contribution in [1.29, 1.82) is 0 Å². The van der Waals surface area contributed by atoms with E-state index >= 15 is 0 Å². The maximum atomic E-state index is 11.4. The SMILES string of the molecule is CC12CC3C=C1S(=O)(=O)OC2C3. The Morgan fingerprint density at radius 3 is 2.92 bits per heavy atom. The van der Waals surface area contributed by atoms with Crippen LogP contribution in [-0.4, -0.2) is 14.5 Å². The Morgan fingerprint density at radius 2 is 2.42 bits per heavy atom. The molecular weight excluding hydrogens is 176 g/mol. The van der Waals surface area contributed by atoms with E-state index in [9.17, 15) is 8.42 Å². The summed E-state index contributed by atoms with van der Waals surface area (Å²) in [7, 11) is -3.33. The van der Waals surface area contributed by atoms with Gasteiger partial charge in [0.1, 0.15) is 0 Å². The average molecular weight is 186 g/mol. The lowest BCUT2D eigenvalue weighted by Crippen LogP contribution is -2.21. The molecule has 0 aromatic carbocycles. The molecule has 1 aliphatic heterocycles. The van der Waals surface area contributed by atoms with Crippen molar-refractivity contribution >= 4 is 10.1 Å². The number of allylic oxidation sites excluding steroid dienone is 1. The van der Waals surface area contributed by atoms with Gasteiger partial charge < -0.3 is 0 Å². The molecule has 1 saturated heterocycles. The van der Waals surface area contributed by atoms with Gasteiger partial charge in [-0.15, -0.1) is 0 Å². The van der Waals surface area contributed by atoms with Crippen LogP contribution < -0.4 is 0 Å². The van der Waals surface area contributed by atoms with E-state index in [1.807, 2.05) is 13.0 Å². The zero-order valence-electron chi connectivity index (χ0n) is 6.78. The average Bonchev–Trinajstić information content (AvgIpc) is 2.39. The highest BCUT2D eigenvalue weighted by Gasteiger charge is 2.61. The van der Waals surface area contributed by atoms with E-state index < -0.39 is 10.1 Å². The van der Waals surface area contributed by atoms with Crippen LogP contribution in [0.2, 0.25) is 0 Å². The first-order chi connectivity index (χ1) is 5.52. The Hall–Kier alpha value is -0.350. The Kier molecular flexibility index (Phi) is 0.965. The molecule has 2 fully saturated rings. The van der Waals surface area contributed by atoms with E-state index in [1.54, 1.807) is 0 Å². The van der Waals surface area contributed by atoms with Crippen LogP contribution in [0, 0.1) is 11.3 Å². The minimum Gasteiger partial charge on any atom is -0.262 e. The summed E-state index contributed by atoms with van der Waals surface area (Å²) >= 11 is 0. The van der Waals surface area contributed by atoms with Gasteiger partial charge in [0, 0.05) is 5.41 Å². The lowest BCUT2D eigenvalue weighted by Gasteiger charge is -2.18. The normalized spacial score (nSPS) is 52.9. The van der Waals surface area contributed by atoms with Crippen molar-refractivity contribution in [1.82, 2.24) is 0 Å². The standard InChI is InChI=1S/C8H10O3S/c1-8-4-5-2-6(8)11-12(9,10)7(8)3-5/h3,5-6H,2,4H2,1H3. The summed E-state index contributed by atoms with van der Waals surface area (Å²) in [6.07, 6.45) is 3.68. The molecule has 3 rings (SSSR count). The molecule has 2 aliphatic carbocycles. The van der Waals surface area contributed by atoms with E-state index in [0.29, 0.717) is 10.8 Å². The predicted molar refractivity (Wildman–Crippen MR) is 42.7 cm³/mol. The quantitative estimate of drug-likeness (QED) is 0.531. The molecule has 0 amide bonds. The first-order valence-corrected chi connectivity index (χ1v) is 5.59. The first-order valence-electron chi connectivity index (χ1n) is 4.18. The molecule has 3 unspecified atom stereocenters. The summed E-state index contributed by atoms with van der Waals surface area (Å²) < 4.78 is 27.8. The predicted octanol–water partition coefficient (Wildman–Crippen LogP) is 1.03. The molecule has 66 valence electrons. The maximum absolute atomic E-state index is 11.4. The molecule has 0 aromatic rings. The fraction of sp³-hybridized carbons (Fsp3) is 0.750. The summed E-state index contributed by atoms with van der Waals surface area (Å²) in [6, 6.07) is 0. The second-order valence-electron chi connectivity index (χ2n) is 4.19. The summed E-state index contributed by atoms with van der Waals surface area (Å²) in [5, 5.41) is 0. The largest absolute Gasteiger partial charge is 0.293 e. The lowest BCUT2D eigenvalue weighted by atomic mass is 9.88. The molecule has 3 atom stereocenters. The highest BCUT2D eigenvalue weighted by molar-refractivity contribution is 7.91. The van der Waals surface area contributed by atoms with E-state index in [1.165, 1.54) is 0 Å². The Balaban J connectivity index is 2.31. The molecule has 0 aromatic heterocycles. The van der Waals surface area contributed by atoms with Crippen LogP contribution in [0.25, 0.3) is 0 Å². The van der Waals surface area contributed by atoms with Crippen LogP contribution in [0.3, 0.4) is 0 Å².